The number of rotatable bonds is 11. The first-order valence-electron chi connectivity index (χ1n) is 44.6. The Bertz CT molecular complexity index is 8280. The van der Waals surface area contributed by atoms with E-state index < -0.39 is 0 Å². The molecule has 0 unspecified atom stereocenters. The van der Waals surface area contributed by atoms with E-state index in [4.69, 9.17) is 44.9 Å². The second kappa shape index (κ2) is 32.7. The molecule has 12 nitrogen and oxygen atoms in total. The molecule has 3 aliphatic rings. The normalized spacial score (nSPS) is 11.6. The smallest absolute Gasteiger partial charge is 0.238 e. The highest BCUT2D eigenvalue weighted by atomic mass is 15.2. The minimum atomic E-state index is 0.616. The van der Waals surface area contributed by atoms with Crippen molar-refractivity contribution in [2.75, 3.05) is 0 Å². The van der Waals surface area contributed by atoms with Crippen molar-refractivity contribution in [3.05, 3.63) is 448 Å². The summed E-state index contributed by atoms with van der Waals surface area (Å²) in [4.78, 5) is 44.7. The van der Waals surface area contributed by atoms with E-state index in [0.29, 0.717) is 52.5 Å². The molecule has 0 saturated heterocycles. The third kappa shape index (κ3) is 13.4. The molecule has 12 heteroatoms. The molecule has 0 N–H and O–H groups in total. The quantitative estimate of drug-likeness (QED) is 0.124. The van der Waals surface area contributed by atoms with Crippen LogP contribution in [0.3, 0.4) is 0 Å². The van der Waals surface area contributed by atoms with Crippen molar-refractivity contribution in [1.29, 1.82) is 0 Å². The molecule has 0 spiro atoms. The highest BCUT2D eigenvalue weighted by Gasteiger charge is 2.32. The molecule has 17 aromatic carbocycles. The van der Waals surface area contributed by atoms with Crippen molar-refractivity contribution in [1.82, 2.24) is 58.6 Å². The summed E-state index contributed by atoms with van der Waals surface area (Å²) in [7, 11) is 0. The number of hydrogen-bond donors (Lipinski definition) is 0. The summed E-state index contributed by atoms with van der Waals surface area (Å²) in [6.07, 6.45) is 0. The Morgan fingerprint density at radius 3 is 0.659 bits per heavy atom. The Morgan fingerprint density at radius 2 is 0.356 bits per heavy atom. The average Bonchev–Trinajstić information content (AvgIpc) is 1.57. The molecular formula is C120H80N12. The van der Waals surface area contributed by atoms with Gasteiger partial charge >= 0.3 is 0 Å². The van der Waals surface area contributed by atoms with Crippen LogP contribution >= 0.6 is 0 Å². The predicted molar refractivity (Wildman–Crippen MR) is 537 cm³/mol. The molecule has 23 aromatic rings. The number of nitrogens with zero attached hydrogens (tertiary/aromatic N) is 12. The van der Waals surface area contributed by atoms with Crippen molar-refractivity contribution in [3.8, 4) is 209 Å². The van der Waals surface area contributed by atoms with Gasteiger partial charge in [-0.1, -0.05) is 376 Å². The van der Waals surface area contributed by atoms with Crippen molar-refractivity contribution < 1.29 is 0 Å². The maximum Gasteiger partial charge on any atom is 0.238 e. The number of hydrogen-bond acceptors (Lipinski definition) is 9. The lowest BCUT2D eigenvalue weighted by Crippen LogP contribution is -2.07. The molecule has 0 radical (unpaired) electrons. The largest absolute Gasteiger partial charge is 0.313 e. The van der Waals surface area contributed by atoms with Gasteiger partial charge in [-0.05, 0) is 159 Å². The van der Waals surface area contributed by atoms with Crippen molar-refractivity contribution >= 4 is 32.7 Å². The zero-order valence-corrected chi connectivity index (χ0v) is 72.4. The van der Waals surface area contributed by atoms with Gasteiger partial charge in [-0.15, -0.1) is 0 Å². The molecule has 0 saturated carbocycles. The van der Waals surface area contributed by atoms with E-state index in [-0.39, 0.29) is 0 Å². The van der Waals surface area contributed by atoms with E-state index in [9.17, 15) is 0 Å². The summed E-state index contributed by atoms with van der Waals surface area (Å²) in [5.74, 6) is 5.84. The summed E-state index contributed by atoms with van der Waals surface area (Å²) in [6.45, 7) is 6.66. The first-order chi connectivity index (χ1) is 65.3. The summed E-state index contributed by atoms with van der Waals surface area (Å²) in [6, 6.07) is 150. The second-order valence-electron chi connectivity index (χ2n) is 33.4. The molecule has 0 bridgehead atoms. The molecule has 132 heavy (non-hydrogen) atoms. The van der Waals surface area contributed by atoms with E-state index in [1.807, 2.05) is 182 Å². The van der Waals surface area contributed by atoms with Crippen LogP contribution in [0.1, 0.15) is 17.1 Å². The lowest BCUT2D eigenvalue weighted by Gasteiger charge is -2.14. The fourth-order valence-corrected chi connectivity index (χ4v) is 20.0. The lowest BCUT2D eigenvalue weighted by molar-refractivity contribution is 0.908. The minimum Gasteiger partial charge on any atom is -0.313 e. The summed E-state index contributed by atoms with van der Waals surface area (Å²) >= 11 is 0. The van der Waals surface area contributed by atoms with Gasteiger partial charge in [0.25, 0.3) is 0 Å². The Morgan fingerprint density at radius 1 is 0.152 bits per heavy atom. The van der Waals surface area contributed by atoms with Gasteiger partial charge in [0.05, 0.1) is 16.6 Å². The van der Waals surface area contributed by atoms with Gasteiger partial charge in [0.15, 0.2) is 46.6 Å². The van der Waals surface area contributed by atoms with Crippen LogP contribution in [-0.4, -0.2) is 58.6 Å². The van der Waals surface area contributed by atoms with E-state index >= 15 is 0 Å². The Kier molecular flexibility index (Phi) is 19.3. The molecule has 6 heterocycles. The van der Waals surface area contributed by atoms with Crippen LogP contribution < -0.4 is 0 Å². The van der Waals surface area contributed by atoms with Crippen LogP contribution in [0.4, 0.5) is 0 Å². The van der Waals surface area contributed by atoms with Crippen molar-refractivity contribution in [2.24, 2.45) is 0 Å². The third-order valence-electron chi connectivity index (χ3n) is 25.8. The van der Waals surface area contributed by atoms with Gasteiger partial charge in [0.1, 0.15) is 0 Å². The standard InChI is InChI=1S/2C42H28N4.C36H24N4/c1-27-38-35-23-11-10-21-33(35)32-20-8-9-22-34(32)36-24-13-25-37(39(36)38)46(27)31-19-12-18-30(26-31)42-44-40(28-14-4-2-5-15-28)43-41(45-42)29-16-6-3-7-17-29;1-27-38-35-20-11-10-18-33(35)32-17-8-9-19-34(32)36-21-12-22-37(39(36)38)46(27)31-25-23-30(24-26-31)42-44-40(28-13-4-2-5-14-28)43-41(45-42)29-15-6-3-7-16-29;1-23-32-29-20-11-10-18-27(29)26-17-8-9-19-28(26)30-21-12-22-31(33(30)32)40(23)36-38-34(24-13-4-2-5-14-24)37-35(39-36)25-15-6-3-7-16-25/h2*2-26H,1H3;2-22H,1H3. The summed E-state index contributed by atoms with van der Waals surface area (Å²) in [5, 5.41) is 3.79. The fourth-order valence-electron chi connectivity index (χ4n) is 20.0. The number of aromatic nitrogens is 12. The van der Waals surface area contributed by atoms with Crippen LogP contribution in [0.2, 0.25) is 0 Å². The molecule has 0 aliphatic heterocycles. The highest BCUT2D eigenvalue weighted by Crippen LogP contribution is 2.55. The first-order valence-corrected chi connectivity index (χ1v) is 44.6. The Labute approximate surface area is 763 Å². The van der Waals surface area contributed by atoms with E-state index in [1.54, 1.807) is 0 Å². The van der Waals surface area contributed by atoms with E-state index in [2.05, 4.69) is 283 Å². The lowest BCUT2D eigenvalue weighted by atomic mass is 9.94. The summed E-state index contributed by atoms with van der Waals surface area (Å²) in [5.41, 5.74) is 39.4. The third-order valence-corrected chi connectivity index (χ3v) is 25.8. The predicted octanol–water partition coefficient (Wildman–Crippen LogP) is 29.7. The molecule has 6 aromatic heterocycles. The van der Waals surface area contributed by atoms with E-state index in [1.165, 1.54) is 139 Å². The highest BCUT2D eigenvalue weighted by molar-refractivity contribution is 6.18. The zero-order valence-electron chi connectivity index (χ0n) is 72.4. The van der Waals surface area contributed by atoms with Crippen molar-refractivity contribution in [2.45, 2.75) is 20.8 Å². The van der Waals surface area contributed by atoms with Crippen LogP contribution in [0.15, 0.2) is 431 Å². The number of benzene rings is 17. The maximum absolute atomic E-state index is 5.07. The average molecular weight is 1690 g/mol. The first kappa shape index (κ1) is 77.9. The summed E-state index contributed by atoms with van der Waals surface area (Å²) < 4.78 is 6.99. The van der Waals surface area contributed by atoms with Crippen molar-refractivity contribution in [3.63, 3.8) is 0 Å². The molecular weight excluding hydrogens is 1610 g/mol. The number of fused-ring (bicyclic) bond motifs is 15. The zero-order chi connectivity index (χ0) is 87.9. The molecule has 0 fully saturated rings. The molecule has 0 atom stereocenters. The Balaban J connectivity index is 0.000000110. The van der Waals surface area contributed by atoms with Gasteiger partial charge in [-0.2, -0.15) is 9.97 Å². The fraction of sp³-hybridized carbons (Fsp3) is 0.0250. The van der Waals surface area contributed by atoms with Gasteiger partial charge in [0, 0.05) is 106 Å². The molecule has 620 valence electrons. The minimum absolute atomic E-state index is 0.616. The second-order valence-corrected chi connectivity index (χ2v) is 33.4. The van der Waals surface area contributed by atoms with Crippen LogP contribution in [0, 0.1) is 20.8 Å². The van der Waals surface area contributed by atoms with E-state index in [0.717, 1.165) is 67.1 Å². The maximum atomic E-state index is 5.07. The van der Waals surface area contributed by atoms with Crippen LogP contribution in [0.5, 0.6) is 0 Å². The molecule has 26 rings (SSSR count). The van der Waals surface area contributed by atoms with Gasteiger partial charge in [-0.25, -0.2) is 34.9 Å². The van der Waals surface area contributed by atoms with Gasteiger partial charge in [-0.3, -0.25) is 4.57 Å². The van der Waals surface area contributed by atoms with Gasteiger partial charge < -0.3 is 9.13 Å². The SMILES string of the molecule is Cc1c2c3c(cccc3n1-c1ccc(-c3nc(-c4ccccc4)nc(-c4ccccc4)n3)cc1)-c1ccccc1-c1ccccc1-2.Cc1c2c3c(cccc3n1-c1cccc(-c3nc(-c4ccccc4)nc(-c4ccccc4)n3)c1)-c1ccccc1-c1ccccc1-2.Cc1c2c3c(cccc3n1-c1nc(-c3ccccc3)nc(-c3ccccc3)n1)-c1ccccc1-c1ccccc1-2. The monoisotopic (exact) mass is 1690 g/mol. The van der Waals surface area contributed by atoms with Crippen LogP contribution in [-0.2, 0) is 0 Å². The Hall–Kier alpha value is -17.6. The topological polar surface area (TPSA) is 131 Å². The van der Waals surface area contributed by atoms with Gasteiger partial charge in [0.2, 0.25) is 5.95 Å². The molecule has 3 aliphatic carbocycles. The molecule has 0 amide bonds. The van der Waals surface area contributed by atoms with Crippen LogP contribution in [0.25, 0.3) is 241 Å².